The summed E-state index contributed by atoms with van der Waals surface area (Å²) >= 11 is 3.35. The van der Waals surface area contributed by atoms with Crippen molar-refractivity contribution in [3.63, 3.8) is 0 Å². The van der Waals surface area contributed by atoms with Crippen LogP contribution < -0.4 is 14.9 Å². The van der Waals surface area contributed by atoms with Crippen LogP contribution in [0.1, 0.15) is 22.8 Å². The highest BCUT2D eigenvalue weighted by Crippen LogP contribution is 2.23. The number of para-hydroxylation sites is 1. The van der Waals surface area contributed by atoms with Crippen LogP contribution >= 0.6 is 15.9 Å². The summed E-state index contributed by atoms with van der Waals surface area (Å²) in [5.74, 6) is 0.851. The first-order chi connectivity index (χ1) is 11.2. The number of nitrogens with one attached hydrogen (secondary N) is 1. The largest absolute Gasteiger partial charge is 0.496 e. The third kappa shape index (κ3) is 4.56. The lowest BCUT2D eigenvalue weighted by atomic mass is 10.2. The fourth-order valence-electron chi connectivity index (χ4n) is 1.95. The van der Waals surface area contributed by atoms with Gasteiger partial charge in [-0.1, -0.05) is 28.1 Å². The number of ether oxygens (including phenoxy) is 2. The van der Waals surface area contributed by atoms with Gasteiger partial charge < -0.3 is 9.47 Å². The number of methoxy groups -OCH3 is 1. The van der Waals surface area contributed by atoms with Crippen molar-refractivity contribution in [3.8, 4) is 11.5 Å². The van der Waals surface area contributed by atoms with Crippen molar-refractivity contribution >= 4 is 28.1 Å². The average Bonchev–Trinajstić information content (AvgIpc) is 2.57. The molecule has 23 heavy (non-hydrogen) atoms. The van der Waals surface area contributed by atoms with E-state index in [1.165, 1.54) is 6.21 Å². The van der Waals surface area contributed by atoms with Gasteiger partial charge in [0, 0.05) is 10.0 Å². The Hall–Kier alpha value is -2.34. The first kappa shape index (κ1) is 17.0. The molecule has 0 saturated heterocycles. The minimum absolute atomic E-state index is 0.346. The smallest absolute Gasteiger partial charge is 0.275 e. The average molecular weight is 377 g/mol. The van der Waals surface area contributed by atoms with Gasteiger partial charge in [0.05, 0.1) is 25.5 Å². The second-order valence-corrected chi connectivity index (χ2v) is 5.43. The third-order valence-electron chi connectivity index (χ3n) is 2.99. The van der Waals surface area contributed by atoms with E-state index < -0.39 is 0 Å². The zero-order valence-corrected chi connectivity index (χ0v) is 14.5. The molecular weight excluding hydrogens is 360 g/mol. The molecule has 0 aliphatic carbocycles. The Morgan fingerprint density at radius 3 is 2.78 bits per heavy atom. The van der Waals surface area contributed by atoms with Gasteiger partial charge in [0.2, 0.25) is 0 Å². The normalized spacial score (nSPS) is 10.6. The number of carbonyl (C=O) groups excluding carboxylic acids is 1. The molecule has 2 aromatic rings. The standard InChI is InChI=1S/C17H17BrN2O3/c1-3-23-16-9-8-13(18)10-14(16)17(21)20-19-11-12-6-4-5-7-15(12)22-2/h4-11H,3H2,1-2H3,(H,20,21). The van der Waals surface area contributed by atoms with Gasteiger partial charge in [-0.25, -0.2) is 5.43 Å². The molecule has 0 spiro atoms. The van der Waals surface area contributed by atoms with Crippen LogP contribution in [0.5, 0.6) is 11.5 Å². The Labute approximate surface area is 143 Å². The van der Waals surface area contributed by atoms with E-state index in [4.69, 9.17) is 9.47 Å². The van der Waals surface area contributed by atoms with E-state index in [9.17, 15) is 4.79 Å². The Bertz CT molecular complexity index is 717. The van der Waals surface area contributed by atoms with Gasteiger partial charge >= 0.3 is 0 Å². The molecule has 1 amide bonds. The highest BCUT2D eigenvalue weighted by molar-refractivity contribution is 9.10. The lowest BCUT2D eigenvalue weighted by Gasteiger charge is -2.09. The number of hydrazone groups is 1. The van der Waals surface area contributed by atoms with Crippen LogP contribution in [0.3, 0.4) is 0 Å². The van der Waals surface area contributed by atoms with Crippen LogP contribution in [0.4, 0.5) is 0 Å². The summed E-state index contributed by atoms with van der Waals surface area (Å²) in [5, 5.41) is 3.98. The van der Waals surface area contributed by atoms with Gasteiger partial charge in [-0.2, -0.15) is 5.10 Å². The lowest BCUT2D eigenvalue weighted by Crippen LogP contribution is -2.19. The van der Waals surface area contributed by atoms with Crippen LogP contribution in [0, 0.1) is 0 Å². The highest BCUT2D eigenvalue weighted by atomic mass is 79.9. The van der Waals surface area contributed by atoms with Crippen LogP contribution in [0.2, 0.25) is 0 Å². The summed E-state index contributed by atoms with van der Waals surface area (Å²) in [6, 6.07) is 12.7. The molecule has 0 fully saturated rings. The number of halogens is 1. The number of benzene rings is 2. The quantitative estimate of drug-likeness (QED) is 0.618. The summed E-state index contributed by atoms with van der Waals surface area (Å²) < 4.78 is 11.5. The number of amides is 1. The number of hydrogen-bond acceptors (Lipinski definition) is 4. The zero-order valence-electron chi connectivity index (χ0n) is 12.9. The summed E-state index contributed by atoms with van der Waals surface area (Å²) in [4.78, 5) is 12.3. The van der Waals surface area contributed by atoms with E-state index in [1.54, 1.807) is 19.2 Å². The molecule has 0 saturated carbocycles. The van der Waals surface area contributed by atoms with Crippen molar-refractivity contribution in [2.75, 3.05) is 13.7 Å². The van der Waals surface area contributed by atoms with E-state index in [1.807, 2.05) is 37.3 Å². The number of hydrogen-bond donors (Lipinski definition) is 1. The molecule has 0 radical (unpaired) electrons. The third-order valence-corrected chi connectivity index (χ3v) is 3.49. The Balaban J connectivity index is 2.13. The number of rotatable bonds is 6. The van der Waals surface area contributed by atoms with Gasteiger partial charge in [-0.3, -0.25) is 4.79 Å². The molecule has 2 aromatic carbocycles. The monoisotopic (exact) mass is 376 g/mol. The van der Waals surface area contributed by atoms with Crippen molar-refractivity contribution in [1.82, 2.24) is 5.43 Å². The van der Waals surface area contributed by atoms with E-state index in [0.717, 1.165) is 10.0 Å². The second kappa shape index (κ2) is 8.33. The van der Waals surface area contributed by atoms with Crippen LogP contribution in [0.25, 0.3) is 0 Å². The molecule has 5 nitrogen and oxygen atoms in total. The van der Waals surface area contributed by atoms with Crippen molar-refractivity contribution < 1.29 is 14.3 Å². The topological polar surface area (TPSA) is 59.9 Å². The molecule has 0 aliphatic heterocycles. The van der Waals surface area contributed by atoms with Gasteiger partial charge in [0.1, 0.15) is 11.5 Å². The van der Waals surface area contributed by atoms with E-state index in [2.05, 4.69) is 26.5 Å². The van der Waals surface area contributed by atoms with Gasteiger partial charge in [0.15, 0.2) is 0 Å². The fraction of sp³-hybridized carbons (Fsp3) is 0.176. The van der Waals surface area contributed by atoms with Gasteiger partial charge in [-0.05, 0) is 37.3 Å². The maximum Gasteiger partial charge on any atom is 0.275 e. The summed E-state index contributed by atoms with van der Waals surface area (Å²) in [6.07, 6.45) is 1.54. The Morgan fingerprint density at radius 1 is 1.26 bits per heavy atom. The van der Waals surface area contributed by atoms with Crippen molar-refractivity contribution in [2.24, 2.45) is 5.10 Å². The molecule has 0 heterocycles. The summed E-state index contributed by atoms with van der Waals surface area (Å²) in [7, 11) is 1.58. The van der Waals surface area contributed by atoms with E-state index >= 15 is 0 Å². The molecule has 0 atom stereocenters. The lowest BCUT2D eigenvalue weighted by molar-refractivity contribution is 0.0951. The van der Waals surface area contributed by atoms with Crippen LogP contribution in [-0.2, 0) is 0 Å². The van der Waals surface area contributed by atoms with Crippen LogP contribution in [0.15, 0.2) is 52.0 Å². The molecular formula is C17H17BrN2O3. The fourth-order valence-corrected chi connectivity index (χ4v) is 2.32. The van der Waals surface area contributed by atoms with Crippen LogP contribution in [-0.4, -0.2) is 25.8 Å². The maximum absolute atomic E-state index is 12.3. The SMILES string of the molecule is CCOc1ccc(Br)cc1C(=O)NN=Cc1ccccc1OC. The molecule has 120 valence electrons. The zero-order chi connectivity index (χ0) is 16.7. The first-order valence-electron chi connectivity index (χ1n) is 7.04. The Kier molecular flexibility index (Phi) is 6.17. The van der Waals surface area contributed by atoms with Gasteiger partial charge in [0.25, 0.3) is 5.91 Å². The van der Waals surface area contributed by atoms with E-state index in [-0.39, 0.29) is 5.91 Å². The van der Waals surface area contributed by atoms with Crippen molar-refractivity contribution in [3.05, 3.63) is 58.1 Å². The molecule has 2 rings (SSSR count). The molecule has 0 bridgehead atoms. The van der Waals surface area contributed by atoms with E-state index in [0.29, 0.717) is 23.7 Å². The second-order valence-electron chi connectivity index (χ2n) is 4.51. The van der Waals surface area contributed by atoms with Crippen molar-refractivity contribution in [1.29, 1.82) is 0 Å². The predicted octanol–water partition coefficient (Wildman–Crippen LogP) is 3.62. The minimum Gasteiger partial charge on any atom is -0.496 e. The summed E-state index contributed by atoms with van der Waals surface area (Å²) in [6.45, 7) is 2.34. The van der Waals surface area contributed by atoms with Crippen molar-refractivity contribution in [2.45, 2.75) is 6.92 Å². The Morgan fingerprint density at radius 2 is 2.04 bits per heavy atom. The minimum atomic E-state index is -0.346. The number of nitrogens with zero attached hydrogens (tertiary/aromatic N) is 1. The maximum atomic E-state index is 12.3. The summed E-state index contributed by atoms with van der Waals surface area (Å²) in [5.41, 5.74) is 3.69. The molecule has 6 heteroatoms. The molecule has 0 aromatic heterocycles. The predicted molar refractivity (Wildman–Crippen MR) is 93.4 cm³/mol. The molecule has 1 N–H and O–H groups in total. The number of carbonyl (C=O) groups is 1. The van der Waals surface area contributed by atoms with Gasteiger partial charge in [-0.15, -0.1) is 0 Å². The highest BCUT2D eigenvalue weighted by Gasteiger charge is 2.12. The first-order valence-corrected chi connectivity index (χ1v) is 7.83. The molecule has 0 unspecified atom stereocenters. The molecule has 0 aliphatic rings.